The third-order valence-corrected chi connectivity index (χ3v) is 5.57. The summed E-state index contributed by atoms with van der Waals surface area (Å²) >= 11 is 6.39. The molecular formula is C21H26ClN3O3. The molecule has 2 aromatic rings. The largest absolute Gasteiger partial charge is 0.452 e. The molecule has 0 spiro atoms. The second-order valence-electron chi connectivity index (χ2n) is 7.53. The number of hydrogen-bond acceptors (Lipinski definition) is 4. The van der Waals surface area contributed by atoms with E-state index in [-0.39, 0.29) is 23.2 Å². The summed E-state index contributed by atoms with van der Waals surface area (Å²) in [5.41, 5.74) is 2.91. The lowest BCUT2D eigenvalue weighted by Gasteiger charge is -2.30. The van der Waals surface area contributed by atoms with E-state index < -0.39 is 5.97 Å². The van der Waals surface area contributed by atoms with Gasteiger partial charge in [-0.2, -0.15) is 5.10 Å². The third kappa shape index (κ3) is 4.73. The minimum atomic E-state index is -0.614. The molecule has 150 valence electrons. The van der Waals surface area contributed by atoms with Gasteiger partial charge in [0.1, 0.15) is 10.7 Å². The zero-order valence-corrected chi connectivity index (χ0v) is 17.3. The Kier molecular flexibility index (Phi) is 6.39. The number of carbonyl (C=O) groups excluding carboxylic acids is 2. The van der Waals surface area contributed by atoms with Crippen LogP contribution in [0.15, 0.2) is 24.3 Å². The number of aryl methyl sites for hydroxylation is 2. The second-order valence-corrected chi connectivity index (χ2v) is 7.89. The van der Waals surface area contributed by atoms with E-state index in [2.05, 4.69) is 12.0 Å². The standard InChI is InChI=1S/C21H26ClN3O3/c1-14-4-6-17(7-5-14)12-25-20(22)19(16(3)23-25)21(27)28-13-18(26)24-10-8-15(2)9-11-24/h4-7,15H,8-13H2,1-3H3. The molecule has 0 radical (unpaired) electrons. The number of aromatic nitrogens is 2. The van der Waals surface area contributed by atoms with Gasteiger partial charge in [0.05, 0.1) is 12.2 Å². The maximum Gasteiger partial charge on any atom is 0.343 e. The number of esters is 1. The molecule has 0 unspecified atom stereocenters. The quantitative estimate of drug-likeness (QED) is 0.715. The van der Waals surface area contributed by atoms with Crippen molar-refractivity contribution in [3.63, 3.8) is 0 Å². The normalized spacial score (nSPS) is 14.9. The zero-order chi connectivity index (χ0) is 20.3. The van der Waals surface area contributed by atoms with Crippen LogP contribution in [0.5, 0.6) is 0 Å². The highest BCUT2D eigenvalue weighted by Crippen LogP contribution is 2.22. The van der Waals surface area contributed by atoms with Gasteiger partial charge in [0.2, 0.25) is 0 Å². The number of rotatable bonds is 5. The van der Waals surface area contributed by atoms with Crippen LogP contribution in [0.3, 0.4) is 0 Å². The first-order chi connectivity index (χ1) is 13.3. The summed E-state index contributed by atoms with van der Waals surface area (Å²) < 4.78 is 6.82. The van der Waals surface area contributed by atoms with E-state index in [1.54, 1.807) is 16.5 Å². The SMILES string of the molecule is Cc1ccc(Cn2nc(C)c(C(=O)OCC(=O)N3CCC(C)CC3)c2Cl)cc1. The fraction of sp³-hybridized carbons (Fsp3) is 0.476. The molecule has 0 saturated carbocycles. The molecule has 1 aliphatic heterocycles. The predicted octanol–water partition coefficient (Wildman–Crippen LogP) is 3.62. The van der Waals surface area contributed by atoms with Crippen molar-refractivity contribution in [2.75, 3.05) is 19.7 Å². The summed E-state index contributed by atoms with van der Waals surface area (Å²) in [5, 5.41) is 4.59. The summed E-state index contributed by atoms with van der Waals surface area (Å²) in [6.45, 7) is 7.53. The van der Waals surface area contributed by atoms with Gasteiger partial charge >= 0.3 is 5.97 Å². The van der Waals surface area contributed by atoms with Crippen LogP contribution in [0.4, 0.5) is 0 Å². The minimum absolute atomic E-state index is 0.166. The molecule has 28 heavy (non-hydrogen) atoms. The number of piperidine rings is 1. The summed E-state index contributed by atoms with van der Waals surface area (Å²) in [4.78, 5) is 26.5. The van der Waals surface area contributed by atoms with Crippen LogP contribution in [0.25, 0.3) is 0 Å². The smallest absolute Gasteiger partial charge is 0.343 e. The minimum Gasteiger partial charge on any atom is -0.452 e. The van der Waals surface area contributed by atoms with Crippen LogP contribution < -0.4 is 0 Å². The number of carbonyl (C=O) groups is 2. The Morgan fingerprint density at radius 3 is 2.46 bits per heavy atom. The van der Waals surface area contributed by atoms with E-state index in [0.717, 1.165) is 18.4 Å². The van der Waals surface area contributed by atoms with Gasteiger partial charge in [-0.3, -0.25) is 4.79 Å². The highest BCUT2D eigenvalue weighted by molar-refractivity contribution is 6.32. The monoisotopic (exact) mass is 403 g/mol. The van der Waals surface area contributed by atoms with Crippen molar-refractivity contribution in [1.29, 1.82) is 0 Å². The Hall–Kier alpha value is -2.34. The van der Waals surface area contributed by atoms with Crippen LogP contribution in [0, 0.1) is 19.8 Å². The predicted molar refractivity (Wildman–Crippen MR) is 108 cm³/mol. The van der Waals surface area contributed by atoms with Crippen molar-refractivity contribution in [3.8, 4) is 0 Å². The van der Waals surface area contributed by atoms with Gasteiger partial charge in [0.25, 0.3) is 5.91 Å². The highest BCUT2D eigenvalue weighted by atomic mass is 35.5. The van der Waals surface area contributed by atoms with Crippen LogP contribution in [0.2, 0.25) is 5.15 Å². The Morgan fingerprint density at radius 2 is 1.82 bits per heavy atom. The molecule has 3 rings (SSSR count). The number of benzene rings is 1. The Morgan fingerprint density at radius 1 is 1.18 bits per heavy atom. The molecule has 6 nitrogen and oxygen atoms in total. The molecule has 2 heterocycles. The van der Waals surface area contributed by atoms with Crippen LogP contribution in [0.1, 0.15) is 46.9 Å². The van der Waals surface area contributed by atoms with Gasteiger partial charge in [-0.1, -0.05) is 48.4 Å². The van der Waals surface area contributed by atoms with Crippen LogP contribution >= 0.6 is 11.6 Å². The number of ether oxygens (including phenoxy) is 1. The summed E-state index contributed by atoms with van der Waals surface area (Å²) in [7, 11) is 0. The highest BCUT2D eigenvalue weighted by Gasteiger charge is 2.25. The van der Waals surface area contributed by atoms with Gasteiger partial charge in [-0.25, -0.2) is 9.48 Å². The van der Waals surface area contributed by atoms with Gasteiger partial charge in [-0.05, 0) is 38.2 Å². The van der Waals surface area contributed by atoms with Crippen molar-refractivity contribution in [2.45, 2.75) is 40.2 Å². The first-order valence-corrected chi connectivity index (χ1v) is 9.96. The number of nitrogens with zero attached hydrogens (tertiary/aromatic N) is 3. The topological polar surface area (TPSA) is 64.4 Å². The fourth-order valence-corrected chi connectivity index (χ4v) is 3.62. The number of hydrogen-bond donors (Lipinski definition) is 0. The summed E-state index contributed by atoms with van der Waals surface area (Å²) in [5.74, 6) is -0.148. The van der Waals surface area contributed by atoms with Gasteiger partial charge in [-0.15, -0.1) is 0 Å². The molecule has 0 aliphatic carbocycles. The summed E-state index contributed by atoms with van der Waals surface area (Å²) in [6.07, 6.45) is 1.97. The average molecular weight is 404 g/mol. The Bertz CT molecular complexity index is 853. The summed E-state index contributed by atoms with van der Waals surface area (Å²) in [6, 6.07) is 8.03. The van der Waals surface area contributed by atoms with Crippen LogP contribution in [-0.2, 0) is 16.1 Å². The first-order valence-electron chi connectivity index (χ1n) is 9.58. The van der Waals surface area contributed by atoms with Crippen molar-refractivity contribution < 1.29 is 14.3 Å². The van der Waals surface area contributed by atoms with Crippen molar-refractivity contribution >= 4 is 23.5 Å². The number of amides is 1. The average Bonchev–Trinajstić information content (AvgIpc) is 2.95. The van der Waals surface area contributed by atoms with Crippen LogP contribution in [-0.4, -0.2) is 46.3 Å². The number of halogens is 1. The molecule has 0 N–H and O–H groups in total. The van der Waals surface area contributed by atoms with Gasteiger partial charge in [0.15, 0.2) is 6.61 Å². The molecule has 7 heteroatoms. The molecule has 0 atom stereocenters. The number of likely N-dealkylation sites (tertiary alicyclic amines) is 1. The van der Waals surface area contributed by atoms with Crippen molar-refractivity contribution in [1.82, 2.24) is 14.7 Å². The molecule has 1 aromatic carbocycles. The molecule has 0 bridgehead atoms. The molecule has 1 saturated heterocycles. The molecule has 1 fully saturated rings. The Balaban J connectivity index is 1.62. The van der Waals surface area contributed by atoms with E-state index >= 15 is 0 Å². The Labute approximate surface area is 170 Å². The van der Waals surface area contributed by atoms with Crippen molar-refractivity contribution in [2.24, 2.45) is 5.92 Å². The second kappa shape index (κ2) is 8.78. The van der Waals surface area contributed by atoms with E-state index in [1.165, 1.54) is 5.56 Å². The molecule has 1 aromatic heterocycles. The first kappa shape index (κ1) is 20.4. The lowest BCUT2D eigenvalue weighted by Crippen LogP contribution is -2.40. The molecule has 1 aliphatic rings. The lowest BCUT2D eigenvalue weighted by atomic mass is 9.99. The molecule has 1 amide bonds. The van der Waals surface area contributed by atoms with Gasteiger partial charge in [0, 0.05) is 13.1 Å². The molecular weight excluding hydrogens is 378 g/mol. The maximum absolute atomic E-state index is 12.5. The third-order valence-electron chi connectivity index (χ3n) is 5.19. The fourth-order valence-electron chi connectivity index (χ4n) is 3.31. The van der Waals surface area contributed by atoms with E-state index in [4.69, 9.17) is 16.3 Å². The zero-order valence-electron chi connectivity index (χ0n) is 16.6. The van der Waals surface area contributed by atoms with E-state index in [9.17, 15) is 9.59 Å². The lowest BCUT2D eigenvalue weighted by molar-refractivity contribution is -0.135. The maximum atomic E-state index is 12.5. The van der Waals surface area contributed by atoms with Gasteiger partial charge < -0.3 is 9.64 Å². The van der Waals surface area contributed by atoms with E-state index in [0.29, 0.717) is 31.2 Å². The van der Waals surface area contributed by atoms with Crippen molar-refractivity contribution in [3.05, 3.63) is 51.8 Å². The van der Waals surface area contributed by atoms with E-state index in [1.807, 2.05) is 31.2 Å².